The minimum absolute atomic E-state index is 0.248. The van der Waals surface area contributed by atoms with Gasteiger partial charge in [-0.05, 0) is 48.6 Å². The quantitative estimate of drug-likeness (QED) is 0.709. The first-order valence-corrected chi connectivity index (χ1v) is 6.70. The highest BCUT2D eigenvalue weighted by molar-refractivity contribution is 7.71. The molecule has 1 amide bonds. The standard InChI is InChI=1S/C14H10ClN3OS/c15-10-7-5-9(6-8-10)13(19)17-18-12-4-2-1-3-11(12)16-14(18)20/h1-8H,(H,16,20)(H,17,19). The van der Waals surface area contributed by atoms with Crippen molar-refractivity contribution in [2.24, 2.45) is 0 Å². The molecule has 2 aromatic carbocycles. The normalized spacial score (nSPS) is 10.7. The number of para-hydroxylation sites is 2. The number of nitrogens with zero attached hydrogens (tertiary/aromatic N) is 1. The summed E-state index contributed by atoms with van der Waals surface area (Å²) in [6.07, 6.45) is 0. The Bertz CT molecular complexity index is 835. The van der Waals surface area contributed by atoms with Crippen molar-refractivity contribution in [2.75, 3.05) is 5.43 Å². The van der Waals surface area contributed by atoms with E-state index in [0.29, 0.717) is 15.4 Å². The van der Waals surface area contributed by atoms with Gasteiger partial charge in [0.15, 0.2) is 4.77 Å². The molecule has 0 bridgehead atoms. The lowest BCUT2D eigenvalue weighted by Gasteiger charge is -2.07. The number of imidazole rings is 1. The van der Waals surface area contributed by atoms with Gasteiger partial charge in [0.2, 0.25) is 0 Å². The van der Waals surface area contributed by atoms with Crippen LogP contribution < -0.4 is 5.43 Å². The Morgan fingerprint density at radius 1 is 1.15 bits per heavy atom. The zero-order chi connectivity index (χ0) is 14.1. The Hall–Kier alpha value is -2.11. The summed E-state index contributed by atoms with van der Waals surface area (Å²) in [5, 5.41) is 0.588. The first-order chi connectivity index (χ1) is 9.65. The van der Waals surface area contributed by atoms with Gasteiger partial charge in [0.25, 0.3) is 5.91 Å². The zero-order valence-electron chi connectivity index (χ0n) is 10.3. The predicted molar refractivity (Wildman–Crippen MR) is 82.3 cm³/mol. The fourth-order valence-corrected chi connectivity index (χ4v) is 2.31. The number of carbonyl (C=O) groups is 1. The molecule has 0 aliphatic rings. The topological polar surface area (TPSA) is 49.8 Å². The average molecular weight is 304 g/mol. The predicted octanol–water partition coefficient (Wildman–Crippen LogP) is 3.74. The maximum absolute atomic E-state index is 12.2. The third-order valence-electron chi connectivity index (χ3n) is 2.91. The van der Waals surface area contributed by atoms with E-state index in [1.165, 1.54) is 0 Å². The molecule has 0 saturated heterocycles. The molecule has 1 heterocycles. The van der Waals surface area contributed by atoms with Crippen LogP contribution in [0.4, 0.5) is 0 Å². The molecule has 0 aliphatic heterocycles. The van der Waals surface area contributed by atoms with Crippen LogP contribution in [0.3, 0.4) is 0 Å². The van der Waals surface area contributed by atoms with E-state index in [2.05, 4.69) is 10.4 Å². The van der Waals surface area contributed by atoms with E-state index in [1.807, 2.05) is 24.3 Å². The van der Waals surface area contributed by atoms with E-state index < -0.39 is 0 Å². The number of rotatable bonds is 2. The monoisotopic (exact) mass is 303 g/mol. The Morgan fingerprint density at radius 3 is 2.60 bits per heavy atom. The number of amides is 1. The lowest BCUT2D eigenvalue weighted by Crippen LogP contribution is -2.22. The molecule has 6 heteroatoms. The average Bonchev–Trinajstić information content (AvgIpc) is 2.76. The number of hydrogen-bond donors (Lipinski definition) is 2. The van der Waals surface area contributed by atoms with Crippen molar-refractivity contribution >= 4 is 40.8 Å². The summed E-state index contributed by atoms with van der Waals surface area (Å²) >= 11 is 11.0. The number of halogens is 1. The molecule has 0 unspecified atom stereocenters. The fourth-order valence-electron chi connectivity index (χ4n) is 1.93. The zero-order valence-corrected chi connectivity index (χ0v) is 11.8. The Labute approximate surface area is 125 Å². The number of hydrogen-bond acceptors (Lipinski definition) is 2. The van der Waals surface area contributed by atoms with Crippen molar-refractivity contribution in [1.29, 1.82) is 0 Å². The minimum atomic E-state index is -0.248. The van der Waals surface area contributed by atoms with Gasteiger partial charge in [0.05, 0.1) is 11.0 Å². The molecule has 100 valence electrons. The van der Waals surface area contributed by atoms with E-state index in [-0.39, 0.29) is 5.91 Å². The largest absolute Gasteiger partial charge is 0.329 e. The Morgan fingerprint density at radius 2 is 1.85 bits per heavy atom. The van der Waals surface area contributed by atoms with E-state index in [0.717, 1.165) is 11.0 Å². The molecule has 0 aliphatic carbocycles. The van der Waals surface area contributed by atoms with Crippen LogP contribution in [0.25, 0.3) is 11.0 Å². The lowest BCUT2D eigenvalue weighted by atomic mass is 10.2. The van der Waals surface area contributed by atoms with E-state index in [1.54, 1.807) is 28.9 Å². The van der Waals surface area contributed by atoms with Crippen molar-refractivity contribution in [3.05, 3.63) is 63.9 Å². The molecule has 4 nitrogen and oxygen atoms in total. The summed E-state index contributed by atoms with van der Waals surface area (Å²) in [5.41, 5.74) is 4.97. The van der Waals surface area contributed by atoms with Crippen molar-refractivity contribution in [3.63, 3.8) is 0 Å². The second kappa shape index (κ2) is 5.11. The summed E-state index contributed by atoms with van der Waals surface area (Å²) in [6, 6.07) is 14.2. The number of H-pyrrole nitrogens is 1. The highest BCUT2D eigenvalue weighted by Gasteiger charge is 2.09. The first-order valence-electron chi connectivity index (χ1n) is 5.92. The minimum Gasteiger partial charge on any atom is -0.329 e. The molecule has 3 aromatic rings. The van der Waals surface area contributed by atoms with Crippen molar-refractivity contribution in [1.82, 2.24) is 9.66 Å². The summed E-state index contributed by atoms with van der Waals surface area (Å²) in [5.74, 6) is -0.248. The Kier molecular flexibility index (Phi) is 3.30. The molecular weight excluding hydrogens is 294 g/mol. The molecule has 3 rings (SSSR count). The Balaban J connectivity index is 1.97. The van der Waals surface area contributed by atoms with Gasteiger partial charge in [-0.25, -0.2) is 4.68 Å². The molecule has 2 N–H and O–H groups in total. The first kappa shape index (κ1) is 12.9. The van der Waals surface area contributed by atoms with Gasteiger partial charge in [-0.3, -0.25) is 10.2 Å². The number of carbonyl (C=O) groups excluding carboxylic acids is 1. The van der Waals surface area contributed by atoms with Crippen LogP contribution >= 0.6 is 23.8 Å². The van der Waals surface area contributed by atoms with Gasteiger partial charge in [-0.1, -0.05) is 23.7 Å². The van der Waals surface area contributed by atoms with Crippen LogP contribution in [0.5, 0.6) is 0 Å². The number of benzene rings is 2. The van der Waals surface area contributed by atoms with Crippen LogP contribution in [0.2, 0.25) is 5.02 Å². The molecule has 1 aromatic heterocycles. The third-order valence-corrected chi connectivity index (χ3v) is 3.45. The number of nitrogens with one attached hydrogen (secondary N) is 2. The van der Waals surface area contributed by atoms with Crippen LogP contribution in [0.1, 0.15) is 10.4 Å². The van der Waals surface area contributed by atoms with E-state index in [4.69, 9.17) is 23.8 Å². The second-order valence-electron chi connectivity index (χ2n) is 4.23. The molecule has 20 heavy (non-hydrogen) atoms. The molecule has 0 atom stereocenters. The summed E-state index contributed by atoms with van der Waals surface area (Å²) in [7, 11) is 0. The van der Waals surface area contributed by atoms with Crippen LogP contribution in [0, 0.1) is 4.77 Å². The SMILES string of the molecule is O=C(Nn1c(=S)[nH]c2ccccc21)c1ccc(Cl)cc1. The molecule has 0 fully saturated rings. The van der Waals surface area contributed by atoms with Crippen LogP contribution in [-0.2, 0) is 0 Å². The van der Waals surface area contributed by atoms with Gasteiger partial charge < -0.3 is 4.98 Å². The van der Waals surface area contributed by atoms with Crippen LogP contribution in [0.15, 0.2) is 48.5 Å². The maximum atomic E-state index is 12.2. The van der Waals surface area contributed by atoms with Crippen LogP contribution in [-0.4, -0.2) is 15.6 Å². The van der Waals surface area contributed by atoms with E-state index in [9.17, 15) is 4.79 Å². The molecule has 0 radical (unpaired) electrons. The van der Waals surface area contributed by atoms with Gasteiger partial charge in [-0.2, -0.15) is 0 Å². The summed E-state index contributed by atoms with van der Waals surface area (Å²) in [6.45, 7) is 0. The van der Waals surface area contributed by atoms with Gasteiger partial charge >= 0.3 is 0 Å². The number of fused-ring (bicyclic) bond motifs is 1. The highest BCUT2D eigenvalue weighted by atomic mass is 35.5. The lowest BCUT2D eigenvalue weighted by molar-refractivity contribution is 0.101. The van der Waals surface area contributed by atoms with Gasteiger partial charge in [0.1, 0.15) is 0 Å². The molecule has 0 spiro atoms. The fraction of sp³-hybridized carbons (Fsp3) is 0. The third kappa shape index (κ3) is 2.33. The second-order valence-corrected chi connectivity index (χ2v) is 5.05. The van der Waals surface area contributed by atoms with Gasteiger partial charge in [-0.15, -0.1) is 0 Å². The highest BCUT2D eigenvalue weighted by Crippen LogP contribution is 2.13. The molecule has 0 saturated carbocycles. The number of aromatic nitrogens is 2. The summed E-state index contributed by atoms with van der Waals surface area (Å²) in [4.78, 5) is 15.2. The van der Waals surface area contributed by atoms with Gasteiger partial charge in [0, 0.05) is 10.6 Å². The van der Waals surface area contributed by atoms with Crippen molar-refractivity contribution in [2.45, 2.75) is 0 Å². The smallest absolute Gasteiger partial charge is 0.270 e. The molecular formula is C14H10ClN3OS. The number of aromatic amines is 1. The van der Waals surface area contributed by atoms with Crippen molar-refractivity contribution in [3.8, 4) is 0 Å². The maximum Gasteiger partial charge on any atom is 0.270 e. The summed E-state index contributed by atoms with van der Waals surface area (Å²) < 4.78 is 2.00. The van der Waals surface area contributed by atoms with Crippen molar-refractivity contribution < 1.29 is 4.79 Å². The van der Waals surface area contributed by atoms with E-state index >= 15 is 0 Å².